The van der Waals surface area contributed by atoms with Crippen molar-refractivity contribution in [1.29, 1.82) is 0 Å². The van der Waals surface area contributed by atoms with E-state index < -0.39 is 54.0 Å². The predicted octanol–water partition coefficient (Wildman–Crippen LogP) is 3.54. The van der Waals surface area contributed by atoms with Gasteiger partial charge in [-0.15, -0.1) is 0 Å². The van der Waals surface area contributed by atoms with Crippen LogP contribution >= 0.6 is 0 Å². The molecule has 0 saturated carbocycles. The molecule has 0 bridgehead atoms. The molecule has 4 rings (SSSR count). The van der Waals surface area contributed by atoms with Gasteiger partial charge in [0.05, 0.1) is 17.5 Å². The van der Waals surface area contributed by atoms with Crippen LogP contribution in [-0.4, -0.2) is 56.2 Å². The summed E-state index contributed by atoms with van der Waals surface area (Å²) >= 11 is 0. The number of alkyl halides is 5. The van der Waals surface area contributed by atoms with Crippen molar-refractivity contribution < 1.29 is 31.1 Å². The third-order valence-electron chi connectivity index (χ3n) is 5.90. The number of carbonyl (C=O) groups excluding carboxylic acids is 1. The number of aromatic nitrogens is 4. The van der Waals surface area contributed by atoms with Crippen molar-refractivity contribution in [3.05, 3.63) is 66.3 Å². The highest BCUT2D eigenvalue weighted by molar-refractivity contribution is 5.63. The molecule has 1 aliphatic heterocycles. The Kier molecular flexibility index (Phi) is 6.14. The molecule has 1 fully saturated rings. The molecule has 2 aromatic rings. The number of carbonyl (C=O) groups is 1. The Hall–Kier alpha value is -3.35. The van der Waals surface area contributed by atoms with Crippen molar-refractivity contribution in [1.82, 2.24) is 24.8 Å². The van der Waals surface area contributed by atoms with E-state index in [4.69, 9.17) is 0 Å². The van der Waals surface area contributed by atoms with Crippen LogP contribution in [0.3, 0.4) is 0 Å². The highest BCUT2D eigenvalue weighted by Crippen LogP contribution is 2.50. The van der Waals surface area contributed by atoms with Crippen LogP contribution in [0, 0.1) is 5.92 Å². The van der Waals surface area contributed by atoms with E-state index in [1.54, 1.807) is 0 Å². The SMILES string of the molecule is O=CC1C=CC=C(F)C1(c1ncccn1)N1CCC(F)(F)C1CNc1ncc(C(F)(F)F)cn1. The second-order valence-corrected chi connectivity index (χ2v) is 7.79. The van der Waals surface area contributed by atoms with Crippen LogP contribution in [0.4, 0.5) is 32.3 Å². The molecule has 0 radical (unpaired) electrons. The van der Waals surface area contributed by atoms with Crippen LogP contribution in [0.15, 0.2) is 54.9 Å². The third-order valence-corrected chi connectivity index (χ3v) is 5.90. The maximum atomic E-state index is 15.6. The highest BCUT2D eigenvalue weighted by Gasteiger charge is 2.61. The van der Waals surface area contributed by atoms with E-state index in [-0.39, 0.29) is 18.3 Å². The van der Waals surface area contributed by atoms with Gasteiger partial charge in [0.15, 0.2) is 5.82 Å². The van der Waals surface area contributed by atoms with Crippen molar-refractivity contribution in [2.24, 2.45) is 5.92 Å². The monoisotopic (exact) mass is 484 g/mol. The lowest BCUT2D eigenvalue weighted by molar-refractivity contribution is -0.138. The van der Waals surface area contributed by atoms with E-state index in [9.17, 15) is 18.0 Å². The molecule has 34 heavy (non-hydrogen) atoms. The fraction of sp³-hybridized carbons (Fsp3) is 0.381. The maximum absolute atomic E-state index is 15.6. The molecule has 180 valence electrons. The summed E-state index contributed by atoms with van der Waals surface area (Å²) in [6, 6.07) is -0.220. The Bertz CT molecular complexity index is 1090. The predicted molar refractivity (Wildman–Crippen MR) is 107 cm³/mol. The van der Waals surface area contributed by atoms with Gasteiger partial charge in [0.25, 0.3) is 5.92 Å². The van der Waals surface area contributed by atoms with E-state index in [2.05, 4.69) is 25.3 Å². The van der Waals surface area contributed by atoms with Crippen LogP contribution in [0.1, 0.15) is 17.8 Å². The number of rotatable bonds is 6. The summed E-state index contributed by atoms with van der Waals surface area (Å²) in [5.74, 6) is -5.91. The minimum atomic E-state index is -4.65. The van der Waals surface area contributed by atoms with Gasteiger partial charge < -0.3 is 10.1 Å². The minimum Gasteiger partial charge on any atom is -0.352 e. The van der Waals surface area contributed by atoms with Gasteiger partial charge in [-0.3, -0.25) is 4.90 Å². The molecule has 1 saturated heterocycles. The van der Waals surface area contributed by atoms with Crippen LogP contribution in [0.5, 0.6) is 0 Å². The standard InChI is InChI=1S/C21H18F6N6O/c22-15-4-1-3-13(12-34)20(15,17-28-6-2-7-29-17)33-8-5-19(23,24)16(33)11-32-18-30-9-14(10-31-18)21(25,26)27/h1-4,6-7,9-10,12-13,16H,5,8,11H2,(H,30,31,32). The zero-order chi connectivity index (χ0) is 24.6. The van der Waals surface area contributed by atoms with Crippen LogP contribution in [0.25, 0.3) is 0 Å². The molecular formula is C21H18F6N6O. The fourth-order valence-electron chi connectivity index (χ4n) is 4.29. The summed E-state index contributed by atoms with van der Waals surface area (Å²) in [6.07, 6.45) is 2.58. The number of halogens is 6. The first-order chi connectivity index (χ1) is 16.1. The molecule has 2 aliphatic rings. The first-order valence-electron chi connectivity index (χ1n) is 10.2. The lowest BCUT2D eigenvalue weighted by Crippen LogP contribution is -2.59. The second-order valence-electron chi connectivity index (χ2n) is 7.79. The number of anilines is 1. The molecule has 3 atom stereocenters. The topological polar surface area (TPSA) is 83.9 Å². The number of likely N-dealkylation sites (tertiary alicyclic amines) is 1. The van der Waals surface area contributed by atoms with Crippen molar-refractivity contribution >= 4 is 12.2 Å². The van der Waals surface area contributed by atoms with Gasteiger partial charge in [0.2, 0.25) is 5.95 Å². The van der Waals surface area contributed by atoms with E-state index in [0.29, 0.717) is 18.7 Å². The first kappa shape index (κ1) is 23.8. The number of allylic oxidation sites excluding steroid dienone is 2. The average Bonchev–Trinajstić information content (AvgIpc) is 3.12. The van der Waals surface area contributed by atoms with Crippen molar-refractivity contribution in [3.63, 3.8) is 0 Å². The number of nitrogens with zero attached hydrogens (tertiary/aromatic N) is 5. The minimum absolute atomic E-state index is 0.168. The zero-order valence-corrected chi connectivity index (χ0v) is 17.4. The molecule has 0 amide bonds. The Balaban J connectivity index is 1.70. The van der Waals surface area contributed by atoms with Crippen LogP contribution < -0.4 is 5.32 Å². The maximum Gasteiger partial charge on any atom is 0.419 e. The van der Waals surface area contributed by atoms with Gasteiger partial charge in [0, 0.05) is 44.3 Å². The number of hydrogen-bond donors (Lipinski definition) is 1. The number of nitrogens with one attached hydrogen (secondary N) is 1. The molecule has 7 nitrogen and oxygen atoms in total. The Morgan fingerprint density at radius 1 is 1.15 bits per heavy atom. The van der Waals surface area contributed by atoms with Crippen LogP contribution in [-0.2, 0) is 16.5 Å². The second kappa shape index (κ2) is 8.78. The van der Waals surface area contributed by atoms with Crippen molar-refractivity contribution in [2.45, 2.75) is 30.1 Å². The van der Waals surface area contributed by atoms with Gasteiger partial charge in [-0.1, -0.05) is 12.2 Å². The Labute approximate surface area is 189 Å². The molecule has 13 heteroatoms. The lowest BCUT2D eigenvalue weighted by atomic mass is 9.77. The van der Waals surface area contributed by atoms with Crippen molar-refractivity contribution in [2.75, 3.05) is 18.4 Å². The van der Waals surface area contributed by atoms with Crippen molar-refractivity contribution in [3.8, 4) is 0 Å². The first-order valence-corrected chi connectivity index (χ1v) is 10.2. The van der Waals surface area contributed by atoms with Gasteiger partial charge in [-0.2, -0.15) is 13.2 Å². The molecule has 1 aliphatic carbocycles. The summed E-state index contributed by atoms with van der Waals surface area (Å²) in [4.78, 5) is 28.3. The van der Waals surface area contributed by atoms with Gasteiger partial charge >= 0.3 is 6.18 Å². The van der Waals surface area contributed by atoms with E-state index >= 15 is 13.2 Å². The number of hydrogen-bond acceptors (Lipinski definition) is 7. The number of aldehydes is 1. The molecule has 3 heterocycles. The van der Waals surface area contributed by atoms with Gasteiger partial charge in [0.1, 0.15) is 17.7 Å². The molecule has 0 spiro atoms. The third kappa shape index (κ3) is 4.04. The van der Waals surface area contributed by atoms with E-state index in [1.165, 1.54) is 30.6 Å². The molecular weight excluding hydrogens is 466 g/mol. The van der Waals surface area contributed by atoms with Gasteiger partial charge in [-0.05, 0) is 12.1 Å². The summed E-state index contributed by atoms with van der Waals surface area (Å²) in [6.45, 7) is -0.847. The fourth-order valence-corrected chi connectivity index (χ4v) is 4.29. The molecule has 2 aromatic heterocycles. The van der Waals surface area contributed by atoms with Crippen LogP contribution in [0.2, 0.25) is 0 Å². The Morgan fingerprint density at radius 2 is 1.82 bits per heavy atom. The summed E-state index contributed by atoms with van der Waals surface area (Å²) in [7, 11) is 0. The zero-order valence-electron chi connectivity index (χ0n) is 17.4. The molecule has 0 aromatic carbocycles. The van der Waals surface area contributed by atoms with E-state index in [0.717, 1.165) is 11.0 Å². The highest BCUT2D eigenvalue weighted by atomic mass is 19.4. The smallest absolute Gasteiger partial charge is 0.352 e. The summed E-state index contributed by atoms with van der Waals surface area (Å²) in [5, 5.41) is 2.51. The molecule has 3 unspecified atom stereocenters. The Morgan fingerprint density at radius 3 is 2.44 bits per heavy atom. The lowest BCUT2D eigenvalue weighted by Gasteiger charge is -2.46. The molecule has 1 N–H and O–H groups in total. The van der Waals surface area contributed by atoms with Gasteiger partial charge in [-0.25, -0.2) is 33.1 Å². The quantitative estimate of drug-likeness (QED) is 0.496. The van der Waals surface area contributed by atoms with E-state index in [1.807, 2.05) is 0 Å². The normalized spacial score (nSPS) is 26.8. The average molecular weight is 484 g/mol. The largest absolute Gasteiger partial charge is 0.419 e. The summed E-state index contributed by atoms with van der Waals surface area (Å²) in [5.41, 5.74) is -3.12. The summed E-state index contributed by atoms with van der Waals surface area (Å²) < 4.78 is 83.8.